The van der Waals surface area contributed by atoms with Gasteiger partial charge in [-0.3, -0.25) is 9.88 Å². The first-order valence-electron chi connectivity index (χ1n) is 7.90. The van der Waals surface area contributed by atoms with E-state index in [0.29, 0.717) is 0 Å². The molecule has 4 heterocycles. The van der Waals surface area contributed by atoms with E-state index in [4.69, 9.17) is 0 Å². The first-order valence-corrected chi connectivity index (χ1v) is 7.90. The van der Waals surface area contributed by atoms with Crippen LogP contribution in [-0.4, -0.2) is 41.2 Å². The summed E-state index contributed by atoms with van der Waals surface area (Å²) in [5, 5.41) is 4.27. The van der Waals surface area contributed by atoms with E-state index in [9.17, 15) is 0 Å². The summed E-state index contributed by atoms with van der Waals surface area (Å²) in [6.07, 6.45) is 6.19. The van der Waals surface area contributed by atoms with Crippen molar-refractivity contribution in [2.45, 2.75) is 32.5 Å². The molecule has 7 nitrogen and oxygen atoms in total. The van der Waals surface area contributed by atoms with Crippen molar-refractivity contribution in [3.63, 3.8) is 0 Å². The molecule has 3 aromatic rings. The lowest BCUT2D eigenvalue weighted by molar-refractivity contribution is 0.189. The van der Waals surface area contributed by atoms with Crippen molar-refractivity contribution in [2.24, 2.45) is 0 Å². The number of hydrogen-bond donors (Lipinski definition) is 1. The molecule has 118 valence electrons. The highest BCUT2D eigenvalue weighted by molar-refractivity contribution is 5.28. The zero-order valence-electron chi connectivity index (χ0n) is 13.1. The second kappa shape index (κ2) is 5.92. The zero-order valence-corrected chi connectivity index (χ0v) is 13.1. The molecule has 4 rings (SSSR count). The lowest BCUT2D eigenvalue weighted by Gasteiger charge is -2.34. The summed E-state index contributed by atoms with van der Waals surface area (Å²) < 4.78 is 1.94. The molecule has 0 unspecified atom stereocenters. The van der Waals surface area contributed by atoms with Crippen molar-refractivity contribution < 1.29 is 0 Å². The molecule has 0 fully saturated rings. The van der Waals surface area contributed by atoms with Gasteiger partial charge in [0.05, 0.1) is 30.3 Å². The zero-order chi connectivity index (χ0) is 15.6. The molecule has 0 saturated heterocycles. The molecule has 0 radical (unpaired) electrons. The smallest absolute Gasteiger partial charge is 0.141 e. The van der Waals surface area contributed by atoms with Gasteiger partial charge < -0.3 is 4.98 Å². The number of nitrogens with zero attached hydrogens (tertiary/aromatic N) is 6. The van der Waals surface area contributed by atoms with Crippen LogP contribution >= 0.6 is 0 Å². The quantitative estimate of drug-likeness (QED) is 0.791. The Morgan fingerprint density at radius 3 is 3.04 bits per heavy atom. The van der Waals surface area contributed by atoms with E-state index >= 15 is 0 Å². The molecule has 1 N–H and O–H groups in total. The lowest BCUT2D eigenvalue weighted by Crippen LogP contribution is -2.37. The molecule has 0 amide bonds. The van der Waals surface area contributed by atoms with Gasteiger partial charge in [-0.2, -0.15) is 5.10 Å². The third kappa shape index (κ3) is 2.53. The fourth-order valence-electron chi connectivity index (χ4n) is 3.22. The first kappa shape index (κ1) is 14.1. The van der Waals surface area contributed by atoms with Crippen molar-refractivity contribution in [3.8, 4) is 0 Å². The first-order chi connectivity index (χ1) is 11.4. The Balaban J connectivity index is 1.71. The van der Waals surface area contributed by atoms with Gasteiger partial charge in [0.15, 0.2) is 0 Å². The average Bonchev–Trinajstić information content (AvgIpc) is 3.24. The number of pyridine rings is 1. The van der Waals surface area contributed by atoms with Crippen LogP contribution in [0, 0.1) is 0 Å². The molecule has 0 aromatic carbocycles. The maximum atomic E-state index is 4.56. The fraction of sp³-hybridized carbons (Fsp3) is 0.375. The van der Waals surface area contributed by atoms with Crippen LogP contribution in [0.2, 0.25) is 0 Å². The SMILES string of the molecule is CCn1ncnc1CN1CCc2[nH]cnc2[C@@H]1c1ccccn1. The number of imidazole rings is 1. The fourth-order valence-corrected chi connectivity index (χ4v) is 3.22. The number of nitrogens with one attached hydrogen (secondary N) is 1. The van der Waals surface area contributed by atoms with Crippen molar-refractivity contribution in [1.29, 1.82) is 0 Å². The summed E-state index contributed by atoms with van der Waals surface area (Å²) in [4.78, 5) is 19.2. The van der Waals surface area contributed by atoms with Crippen LogP contribution in [0.3, 0.4) is 0 Å². The number of hydrogen-bond acceptors (Lipinski definition) is 5. The predicted octanol–water partition coefficient (Wildman–Crippen LogP) is 1.56. The normalized spacial score (nSPS) is 18.0. The summed E-state index contributed by atoms with van der Waals surface area (Å²) in [6.45, 7) is 4.58. The topological polar surface area (TPSA) is 75.5 Å². The monoisotopic (exact) mass is 309 g/mol. The van der Waals surface area contributed by atoms with Crippen molar-refractivity contribution in [2.75, 3.05) is 6.54 Å². The van der Waals surface area contributed by atoms with E-state index in [1.165, 1.54) is 5.69 Å². The number of H-pyrrole nitrogens is 1. The highest BCUT2D eigenvalue weighted by Crippen LogP contribution is 2.32. The van der Waals surface area contributed by atoms with Gasteiger partial charge in [-0.15, -0.1) is 0 Å². The molecular weight excluding hydrogens is 290 g/mol. The third-order valence-corrected chi connectivity index (χ3v) is 4.33. The van der Waals surface area contributed by atoms with Gasteiger partial charge in [0.25, 0.3) is 0 Å². The largest absolute Gasteiger partial charge is 0.348 e. The van der Waals surface area contributed by atoms with Crippen LogP contribution in [0.25, 0.3) is 0 Å². The van der Waals surface area contributed by atoms with Crippen LogP contribution in [-0.2, 0) is 19.5 Å². The van der Waals surface area contributed by atoms with E-state index in [1.54, 1.807) is 12.7 Å². The van der Waals surface area contributed by atoms with Gasteiger partial charge in [0.2, 0.25) is 0 Å². The van der Waals surface area contributed by atoms with Crippen LogP contribution in [0.4, 0.5) is 0 Å². The van der Waals surface area contributed by atoms with E-state index in [2.05, 4.69) is 42.9 Å². The van der Waals surface area contributed by atoms with Gasteiger partial charge in [-0.1, -0.05) is 6.07 Å². The molecule has 1 atom stereocenters. The number of aromatic nitrogens is 6. The third-order valence-electron chi connectivity index (χ3n) is 4.33. The van der Waals surface area contributed by atoms with E-state index in [1.807, 2.05) is 23.0 Å². The Morgan fingerprint density at radius 1 is 1.26 bits per heavy atom. The second-order valence-corrected chi connectivity index (χ2v) is 5.64. The number of fused-ring (bicyclic) bond motifs is 1. The summed E-state index contributed by atoms with van der Waals surface area (Å²) >= 11 is 0. The molecule has 0 spiro atoms. The van der Waals surface area contributed by atoms with Crippen LogP contribution < -0.4 is 0 Å². The molecule has 0 saturated carbocycles. The van der Waals surface area contributed by atoms with Gasteiger partial charge in [0.1, 0.15) is 12.2 Å². The van der Waals surface area contributed by atoms with Gasteiger partial charge in [0, 0.05) is 31.4 Å². The highest BCUT2D eigenvalue weighted by atomic mass is 15.4. The van der Waals surface area contributed by atoms with Gasteiger partial charge in [-0.05, 0) is 19.1 Å². The Morgan fingerprint density at radius 2 is 2.22 bits per heavy atom. The highest BCUT2D eigenvalue weighted by Gasteiger charge is 2.32. The Bertz CT molecular complexity index is 777. The predicted molar refractivity (Wildman–Crippen MR) is 84.5 cm³/mol. The maximum absolute atomic E-state index is 4.56. The summed E-state index contributed by atoms with van der Waals surface area (Å²) in [6, 6.07) is 6.07. The molecular formula is C16H19N7. The summed E-state index contributed by atoms with van der Waals surface area (Å²) in [7, 11) is 0. The minimum atomic E-state index is 0.0493. The molecule has 1 aliphatic heterocycles. The van der Waals surface area contributed by atoms with Crippen LogP contribution in [0.5, 0.6) is 0 Å². The average molecular weight is 309 g/mol. The lowest BCUT2D eigenvalue weighted by atomic mass is 9.99. The second-order valence-electron chi connectivity index (χ2n) is 5.64. The van der Waals surface area contributed by atoms with E-state index in [-0.39, 0.29) is 6.04 Å². The van der Waals surface area contributed by atoms with Crippen molar-refractivity contribution in [3.05, 3.63) is 60.0 Å². The molecule has 0 aliphatic carbocycles. The van der Waals surface area contributed by atoms with E-state index < -0.39 is 0 Å². The summed E-state index contributed by atoms with van der Waals surface area (Å²) in [5.74, 6) is 0.979. The van der Waals surface area contributed by atoms with Crippen LogP contribution in [0.15, 0.2) is 37.1 Å². The molecule has 23 heavy (non-hydrogen) atoms. The Hall–Kier alpha value is -2.54. The van der Waals surface area contributed by atoms with Crippen molar-refractivity contribution in [1.82, 2.24) is 34.6 Å². The van der Waals surface area contributed by atoms with Gasteiger partial charge in [-0.25, -0.2) is 14.6 Å². The van der Waals surface area contributed by atoms with Crippen LogP contribution in [0.1, 0.15) is 35.9 Å². The number of aryl methyl sites for hydroxylation is 1. The summed E-state index contributed by atoms with van der Waals surface area (Å²) in [5.41, 5.74) is 3.29. The van der Waals surface area contributed by atoms with Crippen molar-refractivity contribution >= 4 is 0 Å². The Kier molecular flexibility index (Phi) is 3.63. The molecule has 7 heteroatoms. The molecule has 1 aliphatic rings. The molecule has 0 bridgehead atoms. The number of rotatable bonds is 4. The minimum Gasteiger partial charge on any atom is -0.348 e. The maximum Gasteiger partial charge on any atom is 0.141 e. The Labute approximate surface area is 134 Å². The van der Waals surface area contributed by atoms with Gasteiger partial charge >= 0.3 is 0 Å². The molecule has 3 aromatic heterocycles. The van der Waals surface area contributed by atoms with E-state index in [0.717, 1.165) is 43.3 Å². The number of aromatic amines is 1. The standard InChI is InChI=1S/C16H19N7/c1-2-23-14(19-11-21-23)9-22-8-6-12-15(20-10-18-12)16(22)13-5-3-4-7-17-13/h3-5,7,10-11,16H,2,6,8-9H2,1H3,(H,18,20)/t16-/m0/s1. The minimum absolute atomic E-state index is 0.0493.